The lowest BCUT2D eigenvalue weighted by molar-refractivity contribution is -0.383. The van der Waals surface area contributed by atoms with Crippen LogP contribution in [0.25, 0.3) is 0 Å². The van der Waals surface area contributed by atoms with Crippen molar-refractivity contribution in [2.24, 2.45) is 11.8 Å². The molecule has 26 heavy (non-hydrogen) atoms. The van der Waals surface area contributed by atoms with Crippen molar-refractivity contribution in [3.63, 3.8) is 0 Å². The van der Waals surface area contributed by atoms with Crippen LogP contribution in [0.15, 0.2) is 24.3 Å². The molecule has 1 aliphatic heterocycles. The van der Waals surface area contributed by atoms with Crippen LogP contribution in [0.2, 0.25) is 5.02 Å². The number of nitrogens with two attached hydrogens (primary N) is 1. The topological polar surface area (TPSA) is 110 Å². The van der Waals surface area contributed by atoms with Gasteiger partial charge in [-0.25, -0.2) is 0 Å². The van der Waals surface area contributed by atoms with Gasteiger partial charge >= 0.3 is 5.69 Å². The Hall–Kier alpha value is -2.61. The van der Waals surface area contributed by atoms with Gasteiger partial charge in [0.1, 0.15) is 0 Å². The lowest BCUT2D eigenvalue weighted by atomic mass is 9.92. The van der Waals surface area contributed by atoms with Crippen LogP contribution >= 0.6 is 11.6 Å². The maximum Gasteiger partial charge on any atom is 0.353 e. The fraction of sp³-hybridized carbons (Fsp3) is 0.412. The summed E-state index contributed by atoms with van der Waals surface area (Å²) in [6.45, 7) is 5.64. The number of nitrogen functional groups attached to an aromatic ring is 1. The quantitative estimate of drug-likeness (QED) is 0.615. The van der Waals surface area contributed by atoms with Crippen molar-refractivity contribution in [3.05, 3.63) is 39.4 Å². The number of hydrogen-bond donors (Lipinski definition) is 2. The van der Waals surface area contributed by atoms with Crippen LogP contribution in [0.3, 0.4) is 0 Å². The van der Waals surface area contributed by atoms with Gasteiger partial charge in [0.2, 0.25) is 17.6 Å². The van der Waals surface area contributed by atoms with Gasteiger partial charge in [-0.15, -0.1) is 0 Å². The number of rotatable bonds is 4. The minimum atomic E-state index is -0.516. The zero-order valence-electron chi connectivity index (χ0n) is 14.6. The average Bonchev–Trinajstić information content (AvgIpc) is 2.53. The Balaban J connectivity index is 2.00. The Morgan fingerprint density at radius 1 is 1.31 bits per heavy atom. The molecule has 0 saturated carbocycles. The number of benzene rings is 1. The molecule has 9 heteroatoms. The predicted octanol–water partition coefficient (Wildman–Crippen LogP) is 3.85. The largest absolute Gasteiger partial charge is 0.378 e. The molecule has 2 heterocycles. The van der Waals surface area contributed by atoms with Crippen molar-refractivity contribution in [2.75, 3.05) is 29.0 Å². The van der Waals surface area contributed by atoms with E-state index in [1.54, 1.807) is 24.3 Å². The summed E-state index contributed by atoms with van der Waals surface area (Å²) in [6.07, 6.45) is 1.08. The van der Waals surface area contributed by atoms with Crippen molar-refractivity contribution >= 4 is 40.6 Å². The molecular weight excluding hydrogens is 356 g/mol. The first-order valence-corrected chi connectivity index (χ1v) is 8.80. The minimum absolute atomic E-state index is 0.157. The Labute approximate surface area is 156 Å². The minimum Gasteiger partial charge on any atom is -0.378 e. The fourth-order valence-electron chi connectivity index (χ4n) is 3.44. The SMILES string of the molecule is C[C@H]1C[C@H](C)CN(c2nc(Nc3cccc(Cl)c3)nc(N)c2[N+](=O)[O-])C1. The standard InChI is InChI=1S/C17H21ClN6O2/c1-10-6-11(2)9-23(8-10)16-14(24(25)26)15(19)21-17(22-16)20-13-5-3-4-12(18)7-13/h3-5,7,10-11H,6,8-9H2,1-2H3,(H3,19,20,21,22)/t10-,11-/m0/s1. The number of piperidine rings is 1. The number of hydrogen-bond acceptors (Lipinski definition) is 7. The Morgan fingerprint density at radius 3 is 2.62 bits per heavy atom. The second-order valence-electron chi connectivity index (χ2n) is 6.85. The van der Waals surface area contributed by atoms with Gasteiger partial charge in [0.15, 0.2) is 0 Å². The molecule has 0 unspecified atom stereocenters. The maximum absolute atomic E-state index is 11.5. The van der Waals surface area contributed by atoms with Gasteiger partial charge in [-0.3, -0.25) is 10.1 Å². The van der Waals surface area contributed by atoms with E-state index in [0.717, 1.165) is 6.42 Å². The van der Waals surface area contributed by atoms with Crippen molar-refractivity contribution in [2.45, 2.75) is 20.3 Å². The molecule has 1 aromatic carbocycles. The number of aromatic nitrogens is 2. The first-order chi connectivity index (χ1) is 12.3. The van der Waals surface area contributed by atoms with E-state index >= 15 is 0 Å². The van der Waals surface area contributed by atoms with Gasteiger partial charge < -0.3 is 16.0 Å². The van der Waals surface area contributed by atoms with Crippen LogP contribution in [0, 0.1) is 22.0 Å². The molecule has 138 valence electrons. The highest BCUT2D eigenvalue weighted by atomic mass is 35.5. The summed E-state index contributed by atoms with van der Waals surface area (Å²) in [4.78, 5) is 21.4. The van der Waals surface area contributed by atoms with E-state index in [1.165, 1.54) is 0 Å². The number of anilines is 4. The number of nitro groups is 1. The summed E-state index contributed by atoms with van der Waals surface area (Å²) in [6, 6.07) is 7.05. The van der Waals surface area contributed by atoms with Gasteiger partial charge in [0.25, 0.3) is 0 Å². The molecule has 3 rings (SSSR count). The summed E-state index contributed by atoms with van der Waals surface area (Å²) in [7, 11) is 0. The molecule has 1 fully saturated rings. The Morgan fingerprint density at radius 2 is 2.00 bits per heavy atom. The molecule has 0 bridgehead atoms. The molecule has 8 nitrogen and oxygen atoms in total. The highest BCUT2D eigenvalue weighted by molar-refractivity contribution is 6.30. The summed E-state index contributed by atoms with van der Waals surface area (Å²) in [5, 5.41) is 15.1. The van der Waals surface area contributed by atoms with Gasteiger partial charge in [0.05, 0.1) is 4.92 Å². The molecule has 2 aromatic rings. The summed E-state index contributed by atoms with van der Waals surface area (Å²) < 4.78 is 0. The van der Waals surface area contributed by atoms with Crippen molar-refractivity contribution in [1.82, 2.24) is 9.97 Å². The summed E-state index contributed by atoms with van der Waals surface area (Å²) in [5.41, 5.74) is 6.33. The Kier molecular flexibility index (Phi) is 5.13. The van der Waals surface area contributed by atoms with Crippen LogP contribution in [0.4, 0.5) is 29.0 Å². The molecule has 0 spiro atoms. The van der Waals surface area contributed by atoms with E-state index in [0.29, 0.717) is 35.6 Å². The number of nitrogens with zero attached hydrogens (tertiary/aromatic N) is 4. The molecule has 3 N–H and O–H groups in total. The zero-order valence-corrected chi connectivity index (χ0v) is 15.4. The smallest absolute Gasteiger partial charge is 0.353 e. The normalized spacial score (nSPS) is 20.0. The number of nitrogens with one attached hydrogen (secondary N) is 1. The molecule has 1 saturated heterocycles. The molecule has 1 aliphatic rings. The third kappa shape index (κ3) is 3.96. The van der Waals surface area contributed by atoms with E-state index in [9.17, 15) is 10.1 Å². The second kappa shape index (κ2) is 7.33. The van der Waals surface area contributed by atoms with Gasteiger partial charge in [-0.2, -0.15) is 9.97 Å². The molecule has 1 aromatic heterocycles. The zero-order chi connectivity index (χ0) is 18.8. The van der Waals surface area contributed by atoms with E-state index in [-0.39, 0.29) is 23.3 Å². The Bertz CT molecular complexity index is 821. The summed E-state index contributed by atoms with van der Waals surface area (Å²) in [5.74, 6) is 1.13. The van der Waals surface area contributed by atoms with Gasteiger partial charge in [0, 0.05) is 23.8 Å². The molecular formula is C17H21ClN6O2. The lowest BCUT2D eigenvalue weighted by Gasteiger charge is -2.35. The monoisotopic (exact) mass is 376 g/mol. The first-order valence-electron chi connectivity index (χ1n) is 8.43. The van der Waals surface area contributed by atoms with E-state index < -0.39 is 4.92 Å². The van der Waals surface area contributed by atoms with Crippen LogP contribution in [-0.2, 0) is 0 Å². The maximum atomic E-state index is 11.5. The van der Waals surface area contributed by atoms with Crippen LogP contribution in [0.5, 0.6) is 0 Å². The first kappa shape index (κ1) is 18.2. The van der Waals surface area contributed by atoms with Crippen LogP contribution in [0.1, 0.15) is 20.3 Å². The molecule has 0 amide bonds. The number of halogens is 1. The predicted molar refractivity (Wildman–Crippen MR) is 103 cm³/mol. The molecule has 0 radical (unpaired) electrons. The highest BCUT2D eigenvalue weighted by Crippen LogP contribution is 2.36. The third-order valence-electron chi connectivity index (χ3n) is 4.32. The second-order valence-corrected chi connectivity index (χ2v) is 7.28. The fourth-order valence-corrected chi connectivity index (χ4v) is 3.63. The third-order valence-corrected chi connectivity index (χ3v) is 4.56. The van der Waals surface area contributed by atoms with Gasteiger partial charge in [-0.1, -0.05) is 31.5 Å². The average molecular weight is 377 g/mol. The van der Waals surface area contributed by atoms with E-state index in [4.69, 9.17) is 17.3 Å². The summed E-state index contributed by atoms with van der Waals surface area (Å²) >= 11 is 5.99. The highest BCUT2D eigenvalue weighted by Gasteiger charge is 2.31. The lowest BCUT2D eigenvalue weighted by Crippen LogP contribution is -2.39. The van der Waals surface area contributed by atoms with Crippen LogP contribution in [-0.4, -0.2) is 28.0 Å². The van der Waals surface area contributed by atoms with Gasteiger partial charge in [-0.05, 0) is 36.5 Å². The van der Waals surface area contributed by atoms with Crippen LogP contribution < -0.4 is 16.0 Å². The van der Waals surface area contributed by atoms with Crippen molar-refractivity contribution in [3.8, 4) is 0 Å². The van der Waals surface area contributed by atoms with E-state index in [2.05, 4.69) is 29.1 Å². The van der Waals surface area contributed by atoms with E-state index in [1.807, 2.05) is 4.90 Å². The van der Waals surface area contributed by atoms with Crippen molar-refractivity contribution < 1.29 is 4.92 Å². The molecule has 0 aliphatic carbocycles. The van der Waals surface area contributed by atoms with Crippen molar-refractivity contribution in [1.29, 1.82) is 0 Å². The molecule has 2 atom stereocenters.